The fourth-order valence-electron chi connectivity index (χ4n) is 2.74. The maximum atomic E-state index is 12.3. The Hall–Kier alpha value is -1.94. The van der Waals surface area contributed by atoms with E-state index in [-0.39, 0.29) is 17.8 Å². The molecule has 1 fully saturated rings. The summed E-state index contributed by atoms with van der Waals surface area (Å²) >= 11 is 0. The molecule has 1 heterocycles. The maximum absolute atomic E-state index is 12.3. The molecular formula is C16H23F2N3O4S. The topological polar surface area (TPSA) is 79.0 Å². The number of ether oxygens (including phenoxy) is 1. The third-order valence-corrected chi connectivity index (χ3v) is 5.47. The molecule has 1 aromatic carbocycles. The lowest BCUT2D eigenvalue weighted by molar-refractivity contribution is -0.0498. The number of amides is 2. The zero-order valence-corrected chi connectivity index (χ0v) is 15.5. The molecule has 0 unspecified atom stereocenters. The average Bonchev–Trinajstić information content (AvgIpc) is 2.55. The molecule has 0 bridgehead atoms. The van der Waals surface area contributed by atoms with Crippen LogP contribution in [-0.4, -0.2) is 62.7 Å². The van der Waals surface area contributed by atoms with Crippen LogP contribution in [-0.2, 0) is 16.6 Å². The van der Waals surface area contributed by atoms with Crippen molar-refractivity contribution in [3.05, 3.63) is 29.8 Å². The highest BCUT2D eigenvalue weighted by molar-refractivity contribution is 7.88. The molecule has 1 aromatic rings. The van der Waals surface area contributed by atoms with Crippen molar-refractivity contribution in [1.29, 1.82) is 0 Å². The van der Waals surface area contributed by atoms with Gasteiger partial charge in [-0.1, -0.05) is 12.1 Å². The number of hydrogen-bond donors (Lipinski definition) is 1. The van der Waals surface area contributed by atoms with Crippen molar-refractivity contribution in [3.8, 4) is 5.75 Å². The minimum Gasteiger partial charge on any atom is -0.435 e. The van der Waals surface area contributed by atoms with Crippen LogP contribution in [0.1, 0.15) is 18.4 Å². The van der Waals surface area contributed by atoms with Crippen LogP contribution in [0.2, 0.25) is 0 Å². The number of piperidine rings is 1. The van der Waals surface area contributed by atoms with E-state index in [0.29, 0.717) is 32.5 Å². The van der Waals surface area contributed by atoms with Crippen LogP contribution in [0.15, 0.2) is 24.3 Å². The Balaban J connectivity index is 1.81. The van der Waals surface area contributed by atoms with Crippen molar-refractivity contribution >= 4 is 16.1 Å². The van der Waals surface area contributed by atoms with Crippen molar-refractivity contribution in [2.75, 3.05) is 26.4 Å². The standard InChI is InChI=1S/C16H23F2N3O4S/c1-20(11-12-3-5-14(6-4-12)25-15(17)18)16(22)19-13-7-9-21(10-8-13)26(2,23)24/h3-6,13,15H,7-11H2,1-2H3,(H,19,22). The van der Waals surface area contributed by atoms with E-state index in [2.05, 4.69) is 10.1 Å². The second-order valence-electron chi connectivity index (χ2n) is 6.26. The highest BCUT2D eigenvalue weighted by atomic mass is 32.2. The third kappa shape index (κ3) is 6.10. The molecule has 7 nitrogen and oxygen atoms in total. The van der Waals surface area contributed by atoms with Crippen LogP contribution in [0.3, 0.4) is 0 Å². The van der Waals surface area contributed by atoms with Crippen molar-refractivity contribution in [2.45, 2.75) is 32.0 Å². The summed E-state index contributed by atoms with van der Waals surface area (Å²) < 4.78 is 52.9. The zero-order valence-electron chi connectivity index (χ0n) is 14.7. The number of nitrogens with zero attached hydrogens (tertiary/aromatic N) is 2. The lowest BCUT2D eigenvalue weighted by Crippen LogP contribution is -2.49. The van der Waals surface area contributed by atoms with Gasteiger partial charge in [-0.05, 0) is 30.5 Å². The Bertz CT molecular complexity index is 705. The van der Waals surface area contributed by atoms with E-state index in [4.69, 9.17) is 0 Å². The summed E-state index contributed by atoms with van der Waals surface area (Å²) in [6.07, 6.45) is 2.30. The molecule has 0 saturated carbocycles. The fourth-order valence-corrected chi connectivity index (χ4v) is 3.61. The van der Waals surface area contributed by atoms with Crippen molar-refractivity contribution in [1.82, 2.24) is 14.5 Å². The summed E-state index contributed by atoms with van der Waals surface area (Å²) in [6, 6.07) is 5.74. The summed E-state index contributed by atoms with van der Waals surface area (Å²) in [7, 11) is -1.56. The third-order valence-electron chi connectivity index (χ3n) is 4.17. The molecule has 0 atom stereocenters. The molecule has 0 spiro atoms. The smallest absolute Gasteiger partial charge is 0.387 e. The summed E-state index contributed by atoms with van der Waals surface area (Å²) in [6.45, 7) is -1.79. The molecule has 1 N–H and O–H groups in total. The van der Waals surface area contributed by atoms with E-state index in [9.17, 15) is 22.0 Å². The average molecular weight is 391 g/mol. The molecule has 2 amide bonds. The molecule has 1 aliphatic heterocycles. The molecule has 1 aliphatic rings. The van der Waals surface area contributed by atoms with E-state index in [1.54, 1.807) is 19.2 Å². The molecule has 1 saturated heterocycles. The van der Waals surface area contributed by atoms with Crippen molar-refractivity contribution in [3.63, 3.8) is 0 Å². The first kappa shape index (κ1) is 20.4. The number of alkyl halides is 2. The summed E-state index contributed by atoms with van der Waals surface area (Å²) in [5, 5.41) is 2.89. The predicted octanol–water partition coefficient (Wildman–Crippen LogP) is 1.85. The second kappa shape index (κ2) is 8.63. The van der Waals surface area contributed by atoms with E-state index in [1.165, 1.54) is 27.6 Å². The first-order chi connectivity index (χ1) is 12.1. The minimum absolute atomic E-state index is 0.0634. The minimum atomic E-state index is -3.19. The summed E-state index contributed by atoms with van der Waals surface area (Å²) in [5.41, 5.74) is 0.774. The second-order valence-corrected chi connectivity index (χ2v) is 8.25. The van der Waals surface area contributed by atoms with Gasteiger partial charge in [0.15, 0.2) is 0 Å². The van der Waals surface area contributed by atoms with Crippen molar-refractivity contribution in [2.24, 2.45) is 0 Å². The highest BCUT2D eigenvalue weighted by Gasteiger charge is 2.26. The van der Waals surface area contributed by atoms with Crippen LogP contribution in [0.5, 0.6) is 5.75 Å². The number of benzene rings is 1. The molecule has 146 valence electrons. The quantitative estimate of drug-likeness (QED) is 0.803. The molecular weight excluding hydrogens is 368 g/mol. The van der Waals surface area contributed by atoms with E-state index >= 15 is 0 Å². The van der Waals surface area contributed by atoms with Gasteiger partial charge in [-0.2, -0.15) is 8.78 Å². The Morgan fingerprint density at radius 2 is 1.88 bits per heavy atom. The molecule has 26 heavy (non-hydrogen) atoms. The van der Waals surface area contributed by atoms with Gasteiger partial charge in [-0.15, -0.1) is 0 Å². The molecule has 2 rings (SSSR count). The number of rotatable bonds is 6. The molecule has 0 aliphatic carbocycles. The van der Waals surface area contributed by atoms with E-state index in [0.717, 1.165) is 5.56 Å². The Morgan fingerprint density at radius 1 is 1.31 bits per heavy atom. The predicted molar refractivity (Wildman–Crippen MR) is 92.5 cm³/mol. The van der Waals surface area contributed by atoms with Gasteiger partial charge in [0.05, 0.1) is 6.26 Å². The van der Waals surface area contributed by atoms with Gasteiger partial charge < -0.3 is 15.0 Å². The van der Waals surface area contributed by atoms with Gasteiger partial charge in [0.1, 0.15) is 5.75 Å². The van der Waals surface area contributed by atoms with Crippen LogP contribution >= 0.6 is 0 Å². The number of nitrogens with one attached hydrogen (secondary N) is 1. The first-order valence-corrected chi connectivity index (χ1v) is 10.0. The van der Waals surface area contributed by atoms with E-state index in [1.807, 2.05) is 0 Å². The van der Waals surface area contributed by atoms with Crippen molar-refractivity contribution < 1.29 is 26.7 Å². The zero-order chi connectivity index (χ0) is 19.3. The van der Waals surface area contributed by atoms with Gasteiger partial charge in [0, 0.05) is 32.7 Å². The number of halogens is 2. The maximum Gasteiger partial charge on any atom is 0.387 e. The highest BCUT2D eigenvalue weighted by Crippen LogP contribution is 2.16. The van der Waals surface area contributed by atoms with Crippen LogP contribution in [0.25, 0.3) is 0 Å². The Labute approximate surface area is 152 Å². The largest absolute Gasteiger partial charge is 0.435 e. The molecule has 0 aromatic heterocycles. The number of urea groups is 1. The fraction of sp³-hybridized carbons (Fsp3) is 0.562. The van der Waals surface area contributed by atoms with Crippen LogP contribution < -0.4 is 10.1 Å². The first-order valence-electron chi connectivity index (χ1n) is 8.15. The lowest BCUT2D eigenvalue weighted by atomic mass is 10.1. The number of carbonyl (C=O) groups excluding carboxylic acids is 1. The van der Waals surface area contributed by atoms with Crippen LogP contribution in [0, 0.1) is 0 Å². The molecule has 0 radical (unpaired) electrons. The number of hydrogen-bond acceptors (Lipinski definition) is 4. The summed E-state index contributed by atoms with van der Waals surface area (Å²) in [4.78, 5) is 13.7. The monoisotopic (exact) mass is 391 g/mol. The lowest BCUT2D eigenvalue weighted by Gasteiger charge is -2.31. The molecule has 10 heteroatoms. The van der Waals surface area contributed by atoms with Crippen LogP contribution in [0.4, 0.5) is 13.6 Å². The Morgan fingerprint density at radius 3 is 2.38 bits per heavy atom. The van der Waals surface area contributed by atoms with Gasteiger partial charge >= 0.3 is 12.6 Å². The van der Waals surface area contributed by atoms with Gasteiger partial charge in [-0.3, -0.25) is 0 Å². The van der Waals surface area contributed by atoms with Gasteiger partial charge in [0.25, 0.3) is 0 Å². The van der Waals surface area contributed by atoms with Gasteiger partial charge in [-0.25, -0.2) is 17.5 Å². The normalized spacial score (nSPS) is 16.5. The SMILES string of the molecule is CN(Cc1ccc(OC(F)F)cc1)C(=O)NC1CCN(S(C)(=O)=O)CC1. The van der Waals surface area contributed by atoms with Gasteiger partial charge in [0.2, 0.25) is 10.0 Å². The number of sulfonamides is 1. The summed E-state index contributed by atoms with van der Waals surface area (Å²) in [5.74, 6) is 0.0634. The van der Waals surface area contributed by atoms with E-state index < -0.39 is 16.6 Å². The Kier molecular flexibility index (Phi) is 6.76. The number of carbonyl (C=O) groups is 1.